The van der Waals surface area contributed by atoms with Gasteiger partial charge in [0.05, 0.1) is 12.1 Å². The van der Waals surface area contributed by atoms with E-state index in [4.69, 9.17) is 0 Å². The zero-order chi connectivity index (χ0) is 17.0. The summed E-state index contributed by atoms with van der Waals surface area (Å²) in [6.07, 6.45) is -4.42. The molecule has 0 atom stereocenters. The van der Waals surface area contributed by atoms with Gasteiger partial charge in [-0.15, -0.1) is 0 Å². The molecule has 2 aromatic carbocycles. The van der Waals surface area contributed by atoms with E-state index >= 15 is 0 Å². The number of rotatable bonds is 4. The zero-order valence-electron chi connectivity index (χ0n) is 12.2. The number of anilines is 2. The highest BCUT2D eigenvalue weighted by Gasteiger charge is 2.29. The van der Waals surface area contributed by atoms with Crippen molar-refractivity contribution in [3.63, 3.8) is 0 Å². The van der Waals surface area contributed by atoms with Gasteiger partial charge in [-0.3, -0.25) is 4.79 Å². The number of carbonyl (C=O) groups excluding carboxylic acids is 1. The first-order valence-electron chi connectivity index (χ1n) is 6.73. The van der Waals surface area contributed by atoms with Gasteiger partial charge < -0.3 is 10.6 Å². The van der Waals surface area contributed by atoms with E-state index < -0.39 is 23.5 Å². The Morgan fingerprint density at radius 2 is 1.74 bits per heavy atom. The highest BCUT2D eigenvalue weighted by molar-refractivity contribution is 5.93. The zero-order valence-corrected chi connectivity index (χ0v) is 12.2. The second-order valence-electron chi connectivity index (χ2n) is 4.94. The number of aryl methyl sites for hydroxylation is 1. The molecule has 3 nitrogen and oxygen atoms in total. The molecule has 2 aromatic rings. The summed E-state index contributed by atoms with van der Waals surface area (Å²) < 4.78 is 50.4. The smallest absolute Gasteiger partial charge is 0.376 e. The fourth-order valence-electron chi connectivity index (χ4n) is 1.91. The minimum absolute atomic E-state index is 0.134. The average molecular weight is 326 g/mol. The van der Waals surface area contributed by atoms with Crippen LogP contribution in [0.5, 0.6) is 0 Å². The van der Waals surface area contributed by atoms with Gasteiger partial charge in [0.25, 0.3) is 0 Å². The van der Waals surface area contributed by atoms with Crippen LogP contribution in [-0.4, -0.2) is 12.5 Å². The van der Waals surface area contributed by atoms with Gasteiger partial charge in [0.15, 0.2) is 0 Å². The number of carbonyl (C=O) groups is 1. The lowest BCUT2D eigenvalue weighted by atomic mass is 10.2. The molecule has 0 fully saturated rings. The molecule has 0 unspecified atom stereocenters. The Morgan fingerprint density at radius 1 is 1.09 bits per heavy atom. The van der Waals surface area contributed by atoms with Crippen molar-refractivity contribution in [1.29, 1.82) is 0 Å². The molecule has 0 radical (unpaired) electrons. The number of hydrogen-bond donors (Lipinski definition) is 2. The molecule has 0 aromatic heterocycles. The summed E-state index contributed by atoms with van der Waals surface area (Å²) in [7, 11) is 0. The summed E-state index contributed by atoms with van der Waals surface area (Å²) in [5, 5.41) is 5.24. The van der Waals surface area contributed by atoms with Gasteiger partial charge in [-0.1, -0.05) is 6.07 Å². The third-order valence-electron chi connectivity index (χ3n) is 3.13. The first-order chi connectivity index (χ1) is 10.8. The first kappa shape index (κ1) is 16.8. The molecule has 0 saturated heterocycles. The molecule has 0 saturated carbocycles. The summed E-state index contributed by atoms with van der Waals surface area (Å²) in [4.78, 5) is 11.8. The molecule has 23 heavy (non-hydrogen) atoms. The fraction of sp³-hybridized carbons (Fsp3) is 0.188. The Labute approximate surface area is 130 Å². The van der Waals surface area contributed by atoms with Gasteiger partial charge in [-0.2, -0.15) is 13.2 Å². The predicted octanol–water partition coefficient (Wildman–Crippen LogP) is 4.20. The molecule has 0 aliphatic carbocycles. The van der Waals surface area contributed by atoms with Crippen molar-refractivity contribution in [3.8, 4) is 0 Å². The molecule has 0 aliphatic rings. The Morgan fingerprint density at radius 3 is 2.35 bits per heavy atom. The SMILES string of the molecule is Cc1ccc(F)cc1NCC(=O)Nc1ccc(C(F)(F)F)cc1. The summed E-state index contributed by atoms with van der Waals surface area (Å²) >= 11 is 0. The maximum atomic E-state index is 13.1. The molecule has 2 N–H and O–H groups in total. The van der Waals surface area contributed by atoms with Gasteiger partial charge in [-0.05, 0) is 48.9 Å². The highest BCUT2D eigenvalue weighted by atomic mass is 19.4. The summed E-state index contributed by atoms with van der Waals surface area (Å²) in [6.45, 7) is 1.63. The van der Waals surface area contributed by atoms with E-state index in [1.54, 1.807) is 13.0 Å². The number of hydrogen-bond acceptors (Lipinski definition) is 2. The fourth-order valence-corrected chi connectivity index (χ4v) is 1.91. The average Bonchev–Trinajstić information content (AvgIpc) is 2.48. The van der Waals surface area contributed by atoms with Crippen molar-refractivity contribution in [2.24, 2.45) is 0 Å². The standard InChI is InChI=1S/C16H14F4N2O/c1-10-2-5-12(17)8-14(10)21-9-15(23)22-13-6-3-11(4-7-13)16(18,19)20/h2-8,21H,9H2,1H3,(H,22,23). The van der Waals surface area contributed by atoms with Crippen molar-refractivity contribution in [1.82, 2.24) is 0 Å². The summed E-state index contributed by atoms with van der Waals surface area (Å²) in [6, 6.07) is 8.27. The molecule has 7 heteroatoms. The van der Waals surface area contributed by atoms with Gasteiger partial charge in [0.1, 0.15) is 5.82 Å². The number of benzene rings is 2. The molecule has 0 spiro atoms. The molecule has 1 amide bonds. The third-order valence-corrected chi connectivity index (χ3v) is 3.13. The lowest BCUT2D eigenvalue weighted by Gasteiger charge is -2.11. The predicted molar refractivity (Wildman–Crippen MR) is 79.7 cm³/mol. The van der Waals surface area contributed by atoms with E-state index in [0.29, 0.717) is 5.69 Å². The van der Waals surface area contributed by atoms with Crippen molar-refractivity contribution in [3.05, 3.63) is 59.4 Å². The minimum atomic E-state index is -4.42. The van der Waals surface area contributed by atoms with Crippen LogP contribution in [0.4, 0.5) is 28.9 Å². The van der Waals surface area contributed by atoms with E-state index in [9.17, 15) is 22.4 Å². The van der Waals surface area contributed by atoms with Crippen molar-refractivity contribution in [2.45, 2.75) is 13.1 Å². The van der Waals surface area contributed by atoms with Crippen LogP contribution in [0, 0.1) is 12.7 Å². The Balaban J connectivity index is 1.93. The molecule has 0 bridgehead atoms. The molecule has 0 heterocycles. The van der Waals surface area contributed by atoms with Crippen LogP contribution in [0.15, 0.2) is 42.5 Å². The van der Waals surface area contributed by atoms with Gasteiger partial charge in [0, 0.05) is 11.4 Å². The second-order valence-corrected chi connectivity index (χ2v) is 4.94. The van der Waals surface area contributed by atoms with Crippen LogP contribution in [0.25, 0.3) is 0 Å². The maximum Gasteiger partial charge on any atom is 0.416 e. The van der Waals surface area contributed by atoms with Gasteiger partial charge in [-0.25, -0.2) is 4.39 Å². The molecular formula is C16H14F4N2O. The third kappa shape index (κ3) is 4.70. The lowest BCUT2D eigenvalue weighted by Crippen LogP contribution is -2.22. The van der Waals surface area contributed by atoms with Crippen LogP contribution in [0.2, 0.25) is 0 Å². The van der Waals surface area contributed by atoms with Crippen LogP contribution >= 0.6 is 0 Å². The van der Waals surface area contributed by atoms with Crippen LogP contribution in [0.1, 0.15) is 11.1 Å². The molecule has 2 rings (SSSR count). The Kier molecular flexibility index (Phi) is 4.88. The topological polar surface area (TPSA) is 41.1 Å². The monoisotopic (exact) mass is 326 g/mol. The highest BCUT2D eigenvalue weighted by Crippen LogP contribution is 2.29. The number of halogens is 4. The van der Waals surface area contributed by atoms with Gasteiger partial charge >= 0.3 is 6.18 Å². The molecule has 0 aliphatic heterocycles. The van der Waals surface area contributed by atoms with E-state index in [1.807, 2.05) is 0 Å². The van der Waals surface area contributed by atoms with Crippen molar-refractivity contribution >= 4 is 17.3 Å². The minimum Gasteiger partial charge on any atom is -0.376 e. The van der Waals surface area contributed by atoms with E-state index in [1.165, 1.54) is 24.3 Å². The summed E-state index contributed by atoms with van der Waals surface area (Å²) in [5.41, 5.74) is 0.714. The van der Waals surface area contributed by atoms with Crippen molar-refractivity contribution in [2.75, 3.05) is 17.2 Å². The molecular weight excluding hydrogens is 312 g/mol. The lowest BCUT2D eigenvalue weighted by molar-refractivity contribution is -0.137. The van der Waals surface area contributed by atoms with Crippen molar-refractivity contribution < 1.29 is 22.4 Å². The second kappa shape index (κ2) is 6.68. The largest absolute Gasteiger partial charge is 0.416 e. The first-order valence-corrected chi connectivity index (χ1v) is 6.73. The normalized spacial score (nSPS) is 11.2. The van der Waals surface area contributed by atoms with E-state index in [-0.39, 0.29) is 12.2 Å². The van der Waals surface area contributed by atoms with Gasteiger partial charge in [0.2, 0.25) is 5.91 Å². The number of amides is 1. The molecule has 122 valence electrons. The quantitative estimate of drug-likeness (QED) is 0.827. The van der Waals surface area contributed by atoms with Crippen LogP contribution < -0.4 is 10.6 Å². The summed E-state index contributed by atoms with van der Waals surface area (Å²) in [5.74, 6) is -0.880. The maximum absolute atomic E-state index is 13.1. The number of nitrogens with one attached hydrogen (secondary N) is 2. The van der Waals surface area contributed by atoms with E-state index in [0.717, 1.165) is 17.7 Å². The Bertz CT molecular complexity index is 696. The van der Waals surface area contributed by atoms with E-state index in [2.05, 4.69) is 10.6 Å². The Hall–Kier alpha value is -2.57. The number of alkyl halides is 3. The van der Waals surface area contributed by atoms with Crippen LogP contribution in [-0.2, 0) is 11.0 Å². The van der Waals surface area contributed by atoms with Crippen LogP contribution in [0.3, 0.4) is 0 Å².